The van der Waals surface area contributed by atoms with Gasteiger partial charge in [-0.1, -0.05) is 0 Å². The van der Waals surface area contributed by atoms with E-state index in [2.05, 4.69) is 14.9 Å². The van der Waals surface area contributed by atoms with Gasteiger partial charge in [0.05, 0.1) is 13.2 Å². The van der Waals surface area contributed by atoms with Gasteiger partial charge in [0.15, 0.2) is 5.82 Å². The molecule has 6 heteroatoms. The molecule has 2 fully saturated rings. The van der Waals surface area contributed by atoms with Gasteiger partial charge in [0.1, 0.15) is 6.10 Å². The summed E-state index contributed by atoms with van der Waals surface area (Å²) in [6, 6.07) is 1.88. The summed E-state index contributed by atoms with van der Waals surface area (Å²) in [5.41, 5.74) is 0.939. The quantitative estimate of drug-likeness (QED) is 0.823. The molecule has 3 rings (SSSR count). The van der Waals surface area contributed by atoms with Crippen molar-refractivity contribution in [2.24, 2.45) is 0 Å². The molecule has 1 aromatic rings. The Hall–Kier alpha value is -1.53. The molecule has 0 bridgehead atoms. The Balaban J connectivity index is 1.59. The van der Waals surface area contributed by atoms with Crippen LogP contribution in [0, 0.1) is 6.92 Å². The average molecular weight is 290 g/mol. The third-order valence-corrected chi connectivity index (χ3v) is 4.07. The lowest BCUT2D eigenvalue weighted by molar-refractivity contribution is -0.133. The zero-order valence-electron chi connectivity index (χ0n) is 12.5. The molecular weight excluding hydrogens is 268 g/mol. The molecule has 0 aromatic carbocycles. The summed E-state index contributed by atoms with van der Waals surface area (Å²) in [6.45, 7) is 6.34. The summed E-state index contributed by atoms with van der Waals surface area (Å²) in [5, 5.41) is 0. The second-order valence-electron chi connectivity index (χ2n) is 5.74. The van der Waals surface area contributed by atoms with Crippen molar-refractivity contribution in [3.63, 3.8) is 0 Å². The van der Waals surface area contributed by atoms with Crippen LogP contribution in [0.3, 0.4) is 0 Å². The number of amides is 1. The predicted molar refractivity (Wildman–Crippen MR) is 77.7 cm³/mol. The van der Waals surface area contributed by atoms with Gasteiger partial charge in [-0.3, -0.25) is 9.69 Å². The molecule has 21 heavy (non-hydrogen) atoms. The molecule has 0 N–H and O–H groups in total. The first-order valence-electron chi connectivity index (χ1n) is 7.63. The highest BCUT2D eigenvalue weighted by Gasteiger charge is 2.27. The lowest BCUT2D eigenvalue weighted by atomic mass is 10.2. The first-order chi connectivity index (χ1) is 10.2. The van der Waals surface area contributed by atoms with Crippen molar-refractivity contribution in [3.8, 4) is 0 Å². The van der Waals surface area contributed by atoms with E-state index in [-0.39, 0.29) is 12.0 Å². The highest BCUT2D eigenvalue weighted by Crippen LogP contribution is 2.19. The number of rotatable bonds is 3. The van der Waals surface area contributed by atoms with Crippen molar-refractivity contribution in [1.29, 1.82) is 0 Å². The molecule has 0 radical (unpaired) electrons. The van der Waals surface area contributed by atoms with E-state index in [0.29, 0.717) is 25.5 Å². The SMILES string of the molecule is Cc1ccnc([C@H]2CN(CC(=O)N3CCCC3)CCO2)n1. The van der Waals surface area contributed by atoms with Gasteiger partial charge in [0.2, 0.25) is 5.91 Å². The Labute approximate surface area is 125 Å². The summed E-state index contributed by atoms with van der Waals surface area (Å²) in [7, 11) is 0. The Kier molecular flexibility index (Phi) is 4.45. The Morgan fingerprint density at radius 2 is 2.19 bits per heavy atom. The van der Waals surface area contributed by atoms with Gasteiger partial charge in [-0.2, -0.15) is 0 Å². The third kappa shape index (κ3) is 3.57. The lowest BCUT2D eigenvalue weighted by Crippen LogP contribution is -2.45. The molecule has 114 valence electrons. The lowest BCUT2D eigenvalue weighted by Gasteiger charge is -2.32. The molecule has 3 heterocycles. The zero-order valence-corrected chi connectivity index (χ0v) is 12.5. The zero-order chi connectivity index (χ0) is 14.7. The Bertz CT molecular complexity index is 502. The number of aryl methyl sites for hydroxylation is 1. The van der Waals surface area contributed by atoms with E-state index in [1.807, 2.05) is 17.9 Å². The minimum atomic E-state index is -0.134. The van der Waals surface area contributed by atoms with Crippen molar-refractivity contribution in [2.75, 3.05) is 39.3 Å². The molecule has 1 atom stereocenters. The Morgan fingerprint density at radius 3 is 2.95 bits per heavy atom. The first-order valence-corrected chi connectivity index (χ1v) is 7.63. The normalized spacial score (nSPS) is 23.5. The average Bonchev–Trinajstić information content (AvgIpc) is 3.02. The van der Waals surface area contributed by atoms with Gasteiger partial charge >= 0.3 is 0 Å². The van der Waals surface area contributed by atoms with E-state index in [1.165, 1.54) is 0 Å². The second kappa shape index (κ2) is 6.49. The number of carbonyl (C=O) groups excluding carboxylic acids is 1. The highest BCUT2D eigenvalue weighted by atomic mass is 16.5. The fourth-order valence-corrected chi connectivity index (χ4v) is 2.88. The molecule has 0 spiro atoms. The van der Waals surface area contributed by atoms with E-state index in [1.54, 1.807) is 6.20 Å². The number of likely N-dealkylation sites (tertiary alicyclic amines) is 1. The van der Waals surface area contributed by atoms with Crippen LogP contribution in [0.4, 0.5) is 0 Å². The molecule has 2 aliphatic heterocycles. The molecule has 2 saturated heterocycles. The van der Waals surface area contributed by atoms with E-state index < -0.39 is 0 Å². The number of nitrogens with zero attached hydrogens (tertiary/aromatic N) is 4. The van der Waals surface area contributed by atoms with Crippen molar-refractivity contribution in [2.45, 2.75) is 25.9 Å². The molecule has 6 nitrogen and oxygen atoms in total. The van der Waals surface area contributed by atoms with Crippen molar-refractivity contribution in [1.82, 2.24) is 19.8 Å². The summed E-state index contributed by atoms with van der Waals surface area (Å²) in [5.74, 6) is 0.951. The van der Waals surface area contributed by atoms with Crippen LogP contribution in [0.5, 0.6) is 0 Å². The van der Waals surface area contributed by atoms with Crippen LogP contribution < -0.4 is 0 Å². The Morgan fingerprint density at radius 1 is 1.38 bits per heavy atom. The van der Waals surface area contributed by atoms with Crippen LogP contribution in [0.15, 0.2) is 12.3 Å². The summed E-state index contributed by atoms with van der Waals surface area (Å²) >= 11 is 0. The largest absolute Gasteiger partial charge is 0.368 e. The van der Waals surface area contributed by atoms with Gasteiger partial charge in [0.25, 0.3) is 0 Å². The molecule has 1 amide bonds. The van der Waals surface area contributed by atoms with Gasteiger partial charge in [0, 0.05) is 38.1 Å². The van der Waals surface area contributed by atoms with E-state index in [4.69, 9.17) is 4.74 Å². The number of hydrogen-bond donors (Lipinski definition) is 0. The third-order valence-electron chi connectivity index (χ3n) is 4.07. The standard InChI is InChI=1S/C15H22N4O2/c1-12-4-5-16-15(17-12)13-10-18(8-9-21-13)11-14(20)19-6-2-3-7-19/h4-5,13H,2-3,6-11H2,1H3/t13-/m1/s1. The van der Waals surface area contributed by atoms with Gasteiger partial charge in [-0.25, -0.2) is 9.97 Å². The van der Waals surface area contributed by atoms with Gasteiger partial charge in [-0.05, 0) is 25.8 Å². The monoisotopic (exact) mass is 290 g/mol. The molecular formula is C15H22N4O2. The maximum absolute atomic E-state index is 12.2. The number of ether oxygens (including phenoxy) is 1. The van der Waals surface area contributed by atoms with Crippen molar-refractivity contribution >= 4 is 5.91 Å². The molecule has 1 aromatic heterocycles. The van der Waals surface area contributed by atoms with Crippen LogP contribution in [-0.4, -0.2) is 65.0 Å². The maximum atomic E-state index is 12.2. The minimum absolute atomic E-state index is 0.134. The molecule has 2 aliphatic rings. The van der Waals surface area contributed by atoms with E-state index in [0.717, 1.165) is 38.2 Å². The summed E-state index contributed by atoms with van der Waals surface area (Å²) < 4.78 is 5.76. The minimum Gasteiger partial charge on any atom is -0.368 e. The number of aromatic nitrogens is 2. The number of carbonyl (C=O) groups is 1. The predicted octanol–water partition coefficient (Wildman–Crippen LogP) is 0.781. The molecule has 0 aliphatic carbocycles. The van der Waals surface area contributed by atoms with Crippen LogP contribution in [0.2, 0.25) is 0 Å². The van der Waals surface area contributed by atoms with Crippen LogP contribution >= 0.6 is 0 Å². The van der Waals surface area contributed by atoms with Crippen LogP contribution in [-0.2, 0) is 9.53 Å². The maximum Gasteiger partial charge on any atom is 0.236 e. The summed E-state index contributed by atoms with van der Waals surface area (Å²) in [4.78, 5) is 25.1. The molecule has 0 unspecified atom stereocenters. The topological polar surface area (TPSA) is 58.6 Å². The first kappa shape index (κ1) is 14.4. The number of hydrogen-bond acceptors (Lipinski definition) is 5. The van der Waals surface area contributed by atoms with E-state index >= 15 is 0 Å². The fraction of sp³-hybridized carbons (Fsp3) is 0.667. The van der Waals surface area contributed by atoms with Gasteiger partial charge in [-0.15, -0.1) is 0 Å². The second-order valence-corrected chi connectivity index (χ2v) is 5.74. The van der Waals surface area contributed by atoms with E-state index in [9.17, 15) is 4.79 Å². The van der Waals surface area contributed by atoms with Gasteiger partial charge < -0.3 is 9.64 Å². The number of morpholine rings is 1. The summed E-state index contributed by atoms with van der Waals surface area (Å²) in [6.07, 6.45) is 3.89. The fourth-order valence-electron chi connectivity index (χ4n) is 2.88. The van der Waals surface area contributed by atoms with Crippen molar-refractivity contribution in [3.05, 3.63) is 23.8 Å². The van der Waals surface area contributed by atoms with Crippen molar-refractivity contribution < 1.29 is 9.53 Å². The van der Waals surface area contributed by atoms with Crippen LogP contribution in [0.25, 0.3) is 0 Å². The molecule has 0 saturated carbocycles. The van der Waals surface area contributed by atoms with Crippen LogP contribution in [0.1, 0.15) is 30.5 Å². The highest BCUT2D eigenvalue weighted by molar-refractivity contribution is 5.78. The smallest absolute Gasteiger partial charge is 0.236 e.